The minimum atomic E-state index is -0.533. The van der Waals surface area contributed by atoms with Crippen LogP contribution < -0.4 is 9.47 Å². The standard InChI is InChI=1S/C14H19ClO3/c1-2-3-5-12(16)10-8-13-14(9-11(10)15)18-7-4-6-17-13/h8-9,12,16H,2-7H2,1H3. The van der Waals surface area contributed by atoms with E-state index >= 15 is 0 Å². The van der Waals surface area contributed by atoms with Gasteiger partial charge in [-0.3, -0.25) is 0 Å². The number of aliphatic hydroxyl groups excluding tert-OH is 1. The molecule has 1 unspecified atom stereocenters. The average molecular weight is 271 g/mol. The van der Waals surface area contributed by atoms with Gasteiger partial charge in [-0.25, -0.2) is 0 Å². The second-order valence-corrected chi connectivity index (χ2v) is 4.94. The molecule has 18 heavy (non-hydrogen) atoms. The lowest BCUT2D eigenvalue weighted by Crippen LogP contribution is -2.00. The van der Waals surface area contributed by atoms with E-state index in [1.807, 2.05) is 6.07 Å². The Morgan fingerprint density at radius 2 is 1.94 bits per heavy atom. The van der Waals surface area contributed by atoms with Gasteiger partial charge in [0.25, 0.3) is 0 Å². The first-order valence-corrected chi connectivity index (χ1v) is 6.87. The van der Waals surface area contributed by atoms with Crippen LogP contribution in [0.1, 0.15) is 44.3 Å². The number of rotatable bonds is 4. The molecule has 1 aliphatic heterocycles. The smallest absolute Gasteiger partial charge is 0.162 e. The SMILES string of the molecule is CCCCC(O)c1cc2c(cc1Cl)OCCCO2. The minimum absolute atomic E-state index is 0.533. The second-order valence-electron chi connectivity index (χ2n) is 4.53. The maximum Gasteiger partial charge on any atom is 0.162 e. The van der Waals surface area contributed by atoms with E-state index in [9.17, 15) is 5.11 Å². The molecule has 4 heteroatoms. The third-order valence-corrected chi connectivity index (χ3v) is 3.38. The minimum Gasteiger partial charge on any atom is -0.490 e. The van der Waals surface area contributed by atoms with Crippen molar-refractivity contribution in [2.75, 3.05) is 13.2 Å². The molecule has 0 aliphatic carbocycles. The fraction of sp³-hybridized carbons (Fsp3) is 0.571. The maximum atomic E-state index is 10.1. The molecule has 1 atom stereocenters. The fourth-order valence-electron chi connectivity index (χ4n) is 2.01. The number of fused-ring (bicyclic) bond motifs is 1. The highest BCUT2D eigenvalue weighted by Crippen LogP contribution is 2.38. The van der Waals surface area contributed by atoms with Gasteiger partial charge in [0.2, 0.25) is 0 Å². The van der Waals surface area contributed by atoms with E-state index < -0.39 is 6.10 Å². The van der Waals surface area contributed by atoms with E-state index in [0.29, 0.717) is 29.7 Å². The van der Waals surface area contributed by atoms with E-state index in [1.165, 1.54) is 0 Å². The van der Waals surface area contributed by atoms with E-state index in [-0.39, 0.29) is 0 Å². The van der Waals surface area contributed by atoms with Crippen molar-refractivity contribution in [3.05, 3.63) is 22.7 Å². The molecular formula is C14H19ClO3. The molecule has 0 radical (unpaired) electrons. The van der Waals surface area contributed by atoms with Crippen molar-refractivity contribution in [3.8, 4) is 11.5 Å². The largest absolute Gasteiger partial charge is 0.490 e. The molecule has 0 saturated carbocycles. The predicted molar refractivity (Wildman–Crippen MR) is 71.5 cm³/mol. The molecule has 0 aromatic heterocycles. The molecule has 0 spiro atoms. The molecular weight excluding hydrogens is 252 g/mol. The number of ether oxygens (including phenoxy) is 2. The van der Waals surface area contributed by atoms with Crippen LogP contribution in [0.15, 0.2) is 12.1 Å². The van der Waals surface area contributed by atoms with Gasteiger partial charge >= 0.3 is 0 Å². The van der Waals surface area contributed by atoms with Crippen molar-refractivity contribution in [2.24, 2.45) is 0 Å². The molecule has 1 aliphatic rings. The molecule has 2 rings (SSSR count). The quantitative estimate of drug-likeness (QED) is 0.906. The first-order valence-electron chi connectivity index (χ1n) is 6.49. The van der Waals surface area contributed by atoms with Crippen LogP contribution in [-0.2, 0) is 0 Å². The highest BCUT2D eigenvalue weighted by molar-refractivity contribution is 6.31. The Hall–Kier alpha value is -0.930. The molecule has 3 nitrogen and oxygen atoms in total. The Kier molecular flexibility index (Phi) is 4.72. The Labute approximate surface area is 113 Å². The lowest BCUT2D eigenvalue weighted by Gasteiger charge is -2.15. The fourth-order valence-corrected chi connectivity index (χ4v) is 2.29. The Bertz CT molecular complexity index is 406. The zero-order valence-corrected chi connectivity index (χ0v) is 11.4. The summed E-state index contributed by atoms with van der Waals surface area (Å²) in [5.74, 6) is 1.35. The van der Waals surface area contributed by atoms with Gasteiger partial charge in [0.1, 0.15) is 0 Å². The van der Waals surface area contributed by atoms with Gasteiger partial charge in [0, 0.05) is 18.1 Å². The van der Waals surface area contributed by atoms with Gasteiger partial charge in [-0.05, 0) is 12.5 Å². The number of aliphatic hydroxyl groups is 1. The molecule has 0 bridgehead atoms. The molecule has 1 aromatic carbocycles. The molecule has 1 N–H and O–H groups in total. The second kappa shape index (κ2) is 6.30. The van der Waals surface area contributed by atoms with Gasteiger partial charge in [0.05, 0.1) is 24.3 Å². The highest BCUT2D eigenvalue weighted by atomic mass is 35.5. The van der Waals surface area contributed by atoms with E-state index in [0.717, 1.165) is 31.2 Å². The Morgan fingerprint density at radius 3 is 2.61 bits per heavy atom. The van der Waals surface area contributed by atoms with E-state index in [1.54, 1.807) is 6.07 Å². The van der Waals surface area contributed by atoms with Crippen molar-refractivity contribution in [3.63, 3.8) is 0 Å². The normalized spacial score (nSPS) is 16.2. The van der Waals surface area contributed by atoms with Crippen LogP contribution in [0.3, 0.4) is 0 Å². The van der Waals surface area contributed by atoms with E-state index in [4.69, 9.17) is 21.1 Å². The first-order chi connectivity index (χ1) is 8.72. The average Bonchev–Trinajstić information content (AvgIpc) is 2.59. The zero-order valence-electron chi connectivity index (χ0n) is 10.6. The molecule has 100 valence electrons. The van der Waals surface area contributed by atoms with Gasteiger partial charge in [0.15, 0.2) is 11.5 Å². The lowest BCUT2D eigenvalue weighted by molar-refractivity contribution is 0.164. The lowest BCUT2D eigenvalue weighted by atomic mass is 10.0. The summed E-state index contributed by atoms with van der Waals surface area (Å²) >= 11 is 6.19. The predicted octanol–water partition coefficient (Wildman–Crippen LogP) is 3.72. The van der Waals surface area contributed by atoms with Crippen LogP contribution in [0.2, 0.25) is 5.02 Å². The van der Waals surface area contributed by atoms with Crippen LogP contribution in [0.4, 0.5) is 0 Å². The third-order valence-electron chi connectivity index (χ3n) is 3.06. The van der Waals surface area contributed by atoms with Gasteiger partial charge in [-0.2, -0.15) is 0 Å². The van der Waals surface area contributed by atoms with Crippen molar-refractivity contribution in [1.82, 2.24) is 0 Å². The van der Waals surface area contributed by atoms with Crippen molar-refractivity contribution >= 4 is 11.6 Å². The van der Waals surface area contributed by atoms with Crippen LogP contribution in [-0.4, -0.2) is 18.3 Å². The third kappa shape index (κ3) is 3.09. The Morgan fingerprint density at radius 1 is 1.28 bits per heavy atom. The summed E-state index contributed by atoms with van der Waals surface area (Å²) in [5, 5.41) is 10.7. The van der Waals surface area contributed by atoms with Crippen molar-refractivity contribution in [1.29, 1.82) is 0 Å². The topological polar surface area (TPSA) is 38.7 Å². The summed E-state index contributed by atoms with van der Waals surface area (Å²) < 4.78 is 11.2. The van der Waals surface area contributed by atoms with Gasteiger partial charge in [-0.15, -0.1) is 0 Å². The summed E-state index contributed by atoms with van der Waals surface area (Å²) in [4.78, 5) is 0. The molecule has 0 fully saturated rings. The molecule has 1 aromatic rings. The van der Waals surface area contributed by atoms with Gasteiger partial charge < -0.3 is 14.6 Å². The monoisotopic (exact) mass is 270 g/mol. The van der Waals surface area contributed by atoms with Crippen LogP contribution in [0.5, 0.6) is 11.5 Å². The number of unbranched alkanes of at least 4 members (excludes halogenated alkanes) is 1. The summed E-state index contributed by atoms with van der Waals surface area (Å²) in [7, 11) is 0. The van der Waals surface area contributed by atoms with Crippen LogP contribution >= 0.6 is 11.6 Å². The Balaban J connectivity index is 2.23. The highest BCUT2D eigenvalue weighted by Gasteiger charge is 2.18. The maximum absolute atomic E-state index is 10.1. The molecule has 0 saturated heterocycles. The first kappa shape index (κ1) is 13.5. The number of halogens is 1. The summed E-state index contributed by atoms with van der Waals surface area (Å²) in [6.07, 6.45) is 3.08. The zero-order chi connectivity index (χ0) is 13.0. The number of benzene rings is 1. The van der Waals surface area contributed by atoms with E-state index in [2.05, 4.69) is 6.92 Å². The van der Waals surface area contributed by atoms with Crippen molar-refractivity contribution < 1.29 is 14.6 Å². The molecule has 1 heterocycles. The number of hydrogen-bond acceptors (Lipinski definition) is 3. The van der Waals surface area contributed by atoms with Gasteiger partial charge in [-0.1, -0.05) is 31.4 Å². The summed E-state index contributed by atoms with van der Waals surface area (Å²) in [6.45, 7) is 3.38. The van der Waals surface area contributed by atoms with Crippen molar-refractivity contribution in [2.45, 2.75) is 38.7 Å². The van der Waals surface area contributed by atoms with Crippen LogP contribution in [0, 0.1) is 0 Å². The van der Waals surface area contributed by atoms with Crippen LogP contribution in [0.25, 0.3) is 0 Å². The summed E-state index contributed by atoms with van der Waals surface area (Å²) in [6, 6.07) is 3.55. The summed E-state index contributed by atoms with van der Waals surface area (Å²) in [5.41, 5.74) is 0.731. The number of hydrogen-bond donors (Lipinski definition) is 1. The molecule has 0 amide bonds.